The third kappa shape index (κ3) is 4.29. The van der Waals surface area contributed by atoms with Crippen molar-refractivity contribution in [3.8, 4) is 17.1 Å². The van der Waals surface area contributed by atoms with Crippen LogP contribution in [0.1, 0.15) is 27.9 Å². The van der Waals surface area contributed by atoms with Crippen molar-refractivity contribution in [1.29, 1.82) is 0 Å². The number of amides is 1. The quantitative estimate of drug-likeness (QED) is 0.357. The van der Waals surface area contributed by atoms with Gasteiger partial charge in [-0.05, 0) is 55.1 Å². The number of nitrogens with zero attached hydrogens (tertiary/aromatic N) is 2. The molecule has 0 radical (unpaired) electrons. The van der Waals surface area contributed by atoms with E-state index in [4.69, 9.17) is 4.52 Å². The zero-order valence-corrected chi connectivity index (χ0v) is 18.6. The van der Waals surface area contributed by atoms with E-state index in [1.807, 2.05) is 60.7 Å². The maximum atomic E-state index is 12.9. The zero-order valence-electron chi connectivity index (χ0n) is 15.4. The molecular formula is C22H15Br2N3O3. The zero-order chi connectivity index (χ0) is 21.1. The topological polar surface area (TPSA) is 88.2 Å². The number of aromatic nitrogens is 2. The van der Waals surface area contributed by atoms with Gasteiger partial charge in [0.2, 0.25) is 5.82 Å². The standard InChI is InChI=1S/C22H15Br2N3O3/c23-16-11-15(12-17(24)19(16)28)20-26-22(30-27-20)21(29)25-18(13-7-3-1-4-8-13)14-9-5-2-6-10-14/h1-12,18,28H,(H,25,29). The molecule has 0 aliphatic heterocycles. The lowest BCUT2D eigenvalue weighted by atomic mass is 9.99. The van der Waals surface area contributed by atoms with Crippen LogP contribution in [0.5, 0.6) is 5.75 Å². The Labute approximate surface area is 189 Å². The highest BCUT2D eigenvalue weighted by molar-refractivity contribution is 9.11. The van der Waals surface area contributed by atoms with E-state index in [9.17, 15) is 9.90 Å². The Hall–Kier alpha value is -2.97. The van der Waals surface area contributed by atoms with E-state index in [1.165, 1.54) is 0 Å². The smallest absolute Gasteiger partial charge is 0.316 e. The van der Waals surface area contributed by atoms with Gasteiger partial charge in [-0.3, -0.25) is 4.79 Å². The van der Waals surface area contributed by atoms with Crippen LogP contribution in [0.4, 0.5) is 0 Å². The van der Waals surface area contributed by atoms with Crippen LogP contribution in [0.3, 0.4) is 0 Å². The van der Waals surface area contributed by atoms with Gasteiger partial charge in [-0.1, -0.05) is 65.8 Å². The van der Waals surface area contributed by atoms with E-state index in [2.05, 4.69) is 47.3 Å². The Bertz CT molecular complexity index is 1120. The molecule has 6 nitrogen and oxygen atoms in total. The summed E-state index contributed by atoms with van der Waals surface area (Å²) in [6.07, 6.45) is 0. The second-order valence-electron chi connectivity index (χ2n) is 6.44. The average molecular weight is 529 g/mol. The van der Waals surface area contributed by atoms with E-state index < -0.39 is 5.91 Å². The Morgan fingerprint density at radius 2 is 1.47 bits per heavy atom. The molecule has 0 spiro atoms. The van der Waals surface area contributed by atoms with Crippen molar-refractivity contribution in [3.05, 3.63) is 98.8 Å². The molecule has 4 aromatic rings. The van der Waals surface area contributed by atoms with E-state index in [0.29, 0.717) is 14.5 Å². The summed E-state index contributed by atoms with van der Waals surface area (Å²) in [5.74, 6) is -0.336. The first-order valence-electron chi connectivity index (χ1n) is 8.96. The summed E-state index contributed by atoms with van der Waals surface area (Å²) in [6.45, 7) is 0. The maximum absolute atomic E-state index is 12.9. The molecule has 0 aliphatic carbocycles. The van der Waals surface area contributed by atoms with Gasteiger partial charge in [0.05, 0.1) is 15.0 Å². The van der Waals surface area contributed by atoms with Crippen molar-refractivity contribution in [1.82, 2.24) is 15.5 Å². The van der Waals surface area contributed by atoms with Crippen molar-refractivity contribution < 1.29 is 14.4 Å². The summed E-state index contributed by atoms with van der Waals surface area (Å²) < 4.78 is 6.13. The van der Waals surface area contributed by atoms with Crippen LogP contribution in [0.2, 0.25) is 0 Å². The van der Waals surface area contributed by atoms with E-state index in [1.54, 1.807) is 12.1 Å². The van der Waals surface area contributed by atoms with Crippen molar-refractivity contribution >= 4 is 37.8 Å². The predicted molar refractivity (Wildman–Crippen MR) is 119 cm³/mol. The number of phenols is 1. The monoisotopic (exact) mass is 527 g/mol. The second-order valence-corrected chi connectivity index (χ2v) is 8.15. The molecule has 1 amide bonds. The van der Waals surface area contributed by atoms with Gasteiger partial charge in [0, 0.05) is 5.56 Å². The predicted octanol–water partition coefficient (Wildman–Crippen LogP) is 5.49. The van der Waals surface area contributed by atoms with Crippen LogP contribution in [-0.2, 0) is 0 Å². The molecule has 1 heterocycles. The molecule has 2 N–H and O–H groups in total. The van der Waals surface area contributed by atoms with Gasteiger partial charge in [-0.2, -0.15) is 4.98 Å². The highest BCUT2D eigenvalue weighted by Gasteiger charge is 2.22. The normalized spacial score (nSPS) is 10.9. The molecular weight excluding hydrogens is 514 g/mol. The lowest BCUT2D eigenvalue weighted by Gasteiger charge is -2.18. The SMILES string of the molecule is O=C(NC(c1ccccc1)c1ccccc1)c1nc(-c2cc(Br)c(O)c(Br)c2)no1. The number of aromatic hydroxyl groups is 1. The first kappa shape index (κ1) is 20.3. The largest absolute Gasteiger partial charge is 0.506 e. The highest BCUT2D eigenvalue weighted by atomic mass is 79.9. The fourth-order valence-corrected chi connectivity index (χ4v) is 4.16. The molecule has 0 atom stereocenters. The summed E-state index contributed by atoms with van der Waals surface area (Å²) in [6, 6.07) is 22.2. The number of nitrogens with one attached hydrogen (secondary N) is 1. The number of halogens is 2. The fourth-order valence-electron chi connectivity index (χ4n) is 2.97. The molecule has 30 heavy (non-hydrogen) atoms. The minimum atomic E-state index is -0.483. The van der Waals surface area contributed by atoms with Gasteiger partial charge in [-0.15, -0.1) is 0 Å². The molecule has 1 aromatic heterocycles. The highest BCUT2D eigenvalue weighted by Crippen LogP contribution is 2.36. The molecule has 0 saturated carbocycles. The molecule has 0 unspecified atom stereocenters. The van der Waals surface area contributed by atoms with Crippen molar-refractivity contribution in [3.63, 3.8) is 0 Å². The van der Waals surface area contributed by atoms with E-state index in [-0.39, 0.29) is 23.5 Å². The third-order valence-electron chi connectivity index (χ3n) is 4.44. The first-order chi connectivity index (χ1) is 14.5. The lowest BCUT2D eigenvalue weighted by molar-refractivity contribution is 0.0898. The average Bonchev–Trinajstić information content (AvgIpc) is 3.27. The third-order valence-corrected chi connectivity index (χ3v) is 5.65. The number of hydrogen-bond acceptors (Lipinski definition) is 5. The minimum Gasteiger partial charge on any atom is -0.506 e. The molecule has 150 valence electrons. The van der Waals surface area contributed by atoms with Crippen LogP contribution >= 0.6 is 31.9 Å². The Balaban J connectivity index is 1.61. The van der Waals surface area contributed by atoms with Gasteiger partial charge >= 0.3 is 11.8 Å². The molecule has 3 aromatic carbocycles. The van der Waals surface area contributed by atoms with Crippen LogP contribution < -0.4 is 5.32 Å². The van der Waals surface area contributed by atoms with E-state index in [0.717, 1.165) is 11.1 Å². The summed E-state index contributed by atoms with van der Waals surface area (Å²) in [7, 11) is 0. The summed E-state index contributed by atoms with van der Waals surface area (Å²) >= 11 is 6.54. The minimum absolute atomic E-state index is 0.0637. The van der Waals surface area contributed by atoms with Gasteiger partial charge in [0.25, 0.3) is 0 Å². The Morgan fingerprint density at radius 1 is 0.933 bits per heavy atom. The number of benzene rings is 3. The molecule has 4 rings (SSSR count). The maximum Gasteiger partial charge on any atom is 0.316 e. The van der Waals surface area contributed by atoms with Crippen LogP contribution in [0.15, 0.2) is 86.3 Å². The van der Waals surface area contributed by atoms with Gasteiger partial charge in [0.1, 0.15) is 5.75 Å². The number of hydrogen-bond donors (Lipinski definition) is 2. The van der Waals surface area contributed by atoms with Gasteiger partial charge < -0.3 is 14.9 Å². The number of carbonyl (C=O) groups is 1. The fraction of sp³-hybridized carbons (Fsp3) is 0.0455. The molecule has 8 heteroatoms. The number of phenolic OH excluding ortho intramolecular Hbond substituents is 1. The van der Waals surface area contributed by atoms with Gasteiger partial charge in [0.15, 0.2) is 0 Å². The number of carbonyl (C=O) groups excluding carboxylic acids is 1. The van der Waals surface area contributed by atoms with Crippen LogP contribution in [0, 0.1) is 0 Å². The van der Waals surface area contributed by atoms with E-state index >= 15 is 0 Å². The van der Waals surface area contributed by atoms with Crippen molar-refractivity contribution in [2.24, 2.45) is 0 Å². The first-order valence-corrected chi connectivity index (χ1v) is 10.5. The molecule has 0 saturated heterocycles. The Morgan fingerprint density at radius 3 is 2.00 bits per heavy atom. The molecule has 0 aliphatic rings. The molecule has 0 fully saturated rings. The van der Waals surface area contributed by atoms with Crippen LogP contribution in [-0.4, -0.2) is 21.2 Å². The summed E-state index contributed by atoms with van der Waals surface area (Å²) in [4.78, 5) is 17.1. The van der Waals surface area contributed by atoms with Crippen LogP contribution in [0.25, 0.3) is 11.4 Å². The summed E-state index contributed by atoms with van der Waals surface area (Å²) in [5.41, 5.74) is 2.45. The van der Waals surface area contributed by atoms with Gasteiger partial charge in [-0.25, -0.2) is 0 Å². The Kier molecular flexibility index (Phi) is 5.96. The second kappa shape index (κ2) is 8.81. The molecule has 0 bridgehead atoms. The van der Waals surface area contributed by atoms with Crippen molar-refractivity contribution in [2.75, 3.05) is 0 Å². The van der Waals surface area contributed by atoms with Crippen molar-refractivity contribution in [2.45, 2.75) is 6.04 Å². The number of rotatable bonds is 5. The lowest BCUT2D eigenvalue weighted by Crippen LogP contribution is -2.29. The summed E-state index contributed by atoms with van der Waals surface area (Å²) in [5, 5.41) is 16.7.